The average Bonchev–Trinajstić information content (AvgIpc) is 4.15. The van der Waals surface area contributed by atoms with Crippen molar-refractivity contribution in [2.24, 2.45) is 12.2 Å². The van der Waals surface area contributed by atoms with Crippen molar-refractivity contribution in [2.45, 2.75) is 6.42 Å². The molecule has 0 amide bonds. The summed E-state index contributed by atoms with van der Waals surface area (Å²) in [6, 6.07) is 32.1. The van der Waals surface area contributed by atoms with Gasteiger partial charge in [-0.1, -0.05) is 76.6 Å². The molecule has 10 rings (SSSR count). The normalized spacial score (nSPS) is 11.0. The number of Topliss-reactive ketones (excluding diaryl/α,β-unsaturated/α-hetero) is 1. The second kappa shape index (κ2) is 16.9. The van der Waals surface area contributed by atoms with E-state index in [9.17, 15) is 24.4 Å². The Morgan fingerprint density at radius 1 is 0.867 bits per heavy atom. The van der Waals surface area contributed by atoms with Gasteiger partial charge in [0.05, 0.1) is 35.7 Å². The Morgan fingerprint density at radius 2 is 1.55 bits per heavy atom. The number of hydrogen-bond donors (Lipinski definition) is 4. The molecule has 13 nitrogen and oxygen atoms in total. The Bertz CT molecular complexity index is 3210. The maximum Gasteiger partial charge on any atom is 0.357 e. The van der Waals surface area contributed by atoms with Crippen LogP contribution in [0.4, 0.5) is 5.69 Å². The average molecular weight is 882 g/mol. The van der Waals surface area contributed by atoms with Gasteiger partial charge in [-0.15, -0.1) is 16.2 Å². The molecule has 0 atom stereocenters. The van der Waals surface area contributed by atoms with Crippen molar-refractivity contribution in [1.29, 1.82) is 0 Å². The van der Waals surface area contributed by atoms with Crippen molar-refractivity contribution in [1.82, 2.24) is 24.5 Å². The number of ketones is 2. The van der Waals surface area contributed by atoms with Crippen LogP contribution in [0.15, 0.2) is 141 Å². The maximum atomic E-state index is 12.4. The number of nitrogens with one attached hydrogen (secondary N) is 3. The molecule has 0 unspecified atom stereocenters. The molecule has 0 fully saturated rings. The lowest BCUT2D eigenvalue weighted by atomic mass is 10.1. The molecule has 6 aromatic heterocycles. The minimum atomic E-state index is -0.542. The van der Waals surface area contributed by atoms with Gasteiger partial charge in [0.25, 0.3) is 0 Å². The van der Waals surface area contributed by atoms with Gasteiger partial charge < -0.3 is 33.8 Å². The topological polar surface area (TPSA) is 188 Å². The van der Waals surface area contributed by atoms with Crippen LogP contribution in [-0.4, -0.2) is 54.3 Å². The van der Waals surface area contributed by atoms with Crippen molar-refractivity contribution in [3.63, 3.8) is 0 Å². The van der Waals surface area contributed by atoms with Gasteiger partial charge in [-0.05, 0) is 53.2 Å². The van der Waals surface area contributed by atoms with E-state index in [1.165, 1.54) is 18.8 Å². The second-order valence-corrected chi connectivity index (χ2v) is 15.2. The molecule has 0 saturated heterocycles. The summed E-state index contributed by atoms with van der Waals surface area (Å²) in [6.45, 7) is 0. The number of rotatable bonds is 8. The molecule has 0 radical (unpaired) electrons. The van der Waals surface area contributed by atoms with Crippen LogP contribution in [0.3, 0.4) is 0 Å². The van der Waals surface area contributed by atoms with E-state index in [4.69, 9.17) is 4.42 Å². The van der Waals surface area contributed by atoms with E-state index in [-0.39, 0.29) is 28.1 Å². The van der Waals surface area contributed by atoms with Crippen LogP contribution in [0.1, 0.15) is 42.0 Å². The number of thiazole rings is 1. The first-order valence-electron chi connectivity index (χ1n) is 18.3. The number of fused-ring (bicyclic) bond motifs is 4. The number of halogens is 1. The highest BCUT2D eigenvalue weighted by atomic mass is 79.9. The number of ether oxygens (including phenoxy) is 1. The van der Waals surface area contributed by atoms with Crippen LogP contribution in [-0.2, 0) is 18.2 Å². The Labute approximate surface area is 352 Å². The zero-order chi connectivity index (χ0) is 41.9. The predicted octanol–water partition coefficient (Wildman–Crippen LogP) is 11.0. The van der Waals surface area contributed by atoms with Crippen LogP contribution in [0, 0.1) is 4.91 Å². The van der Waals surface area contributed by atoms with E-state index in [2.05, 4.69) is 45.8 Å². The Kier molecular flexibility index (Phi) is 11.1. The lowest BCUT2D eigenvalue weighted by Gasteiger charge is -1.99. The fourth-order valence-electron chi connectivity index (χ4n) is 6.97. The van der Waals surface area contributed by atoms with E-state index < -0.39 is 5.97 Å². The Morgan fingerprint density at radius 3 is 2.27 bits per heavy atom. The van der Waals surface area contributed by atoms with Crippen molar-refractivity contribution >= 4 is 94.1 Å². The van der Waals surface area contributed by atoms with E-state index in [1.54, 1.807) is 29.9 Å². The smallest absolute Gasteiger partial charge is 0.357 e. The molecular formula is C45H33BrN6O7S. The second-order valence-electron chi connectivity index (χ2n) is 13.4. The monoisotopic (exact) mass is 880 g/mol. The van der Waals surface area contributed by atoms with Gasteiger partial charge in [0, 0.05) is 73.8 Å². The Hall–Kier alpha value is -7.36. The van der Waals surface area contributed by atoms with Crippen LogP contribution in [0.2, 0.25) is 0 Å². The lowest BCUT2D eigenvalue weighted by molar-refractivity contribution is 0.0594. The third-order valence-corrected chi connectivity index (χ3v) is 11.2. The van der Waals surface area contributed by atoms with Gasteiger partial charge in [0.15, 0.2) is 16.5 Å². The molecule has 4 N–H and O–H groups in total. The zero-order valence-electron chi connectivity index (χ0n) is 31.9. The number of carbonyl (C=O) groups is 3. The van der Waals surface area contributed by atoms with Gasteiger partial charge in [-0.3, -0.25) is 9.59 Å². The summed E-state index contributed by atoms with van der Waals surface area (Å²) < 4.78 is 12.3. The zero-order valence-corrected chi connectivity index (χ0v) is 34.3. The standard InChI is InChI=1S/C17H12BrN3O2.C14H10N2O3S.C14H11NO2/c1-21-13-8-9(18)6-7-11(13)14(17(21)22)16-15(20-23)10-4-2-3-5-12(10)19-16;1-19-14(18)11-7-20-13(16-11)12(17)9-6-15-10-5-3-2-4-8(9)10;16-13(14-6-3-7-17-14)8-10-9-15-12-5-2-1-4-11(10)12/h2-8,19,22H,1H3;2-7,15H,1H3;1-7,9,15H,8H2. The third kappa shape index (κ3) is 7.54. The van der Waals surface area contributed by atoms with Crippen molar-refractivity contribution in [3.8, 4) is 17.1 Å². The number of H-pyrrole nitrogens is 3. The van der Waals surface area contributed by atoms with E-state index in [1.807, 2.05) is 97.2 Å². The van der Waals surface area contributed by atoms with Gasteiger partial charge >= 0.3 is 5.97 Å². The number of aryl methyl sites for hydroxylation is 1. The first-order chi connectivity index (χ1) is 29.2. The number of aromatic amines is 3. The number of furan rings is 1. The van der Waals surface area contributed by atoms with E-state index in [0.29, 0.717) is 34.7 Å². The number of esters is 1. The first kappa shape index (κ1) is 39.5. The molecule has 0 aliphatic carbocycles. The number of methoxy groups -OCH3 is 1. The van der Waals surface area contributed by atoms with Gasteiger partial charge in [0.2, 0.25) is 17.4 Å². The minimum absolute atomic E-state index is 0.000229. The highest BCUT2D eigenvalue weighted by molar-refractivity contribution is 9.10. The summed E-state index contributed by atoms with van der Waals surface area (Å²) in [5.74, 6) is -0.244. The minimum Gasteiger partial charge on any atom is -0.494 e. The van der Waals surface area contributed by atoms with Crippen LogP contribution in [0.5, 0.6) is 5.88 Å². The van der Waals surface area contributed by atoms with Crippen LogP contribution >= 0.6 is 27.3 Å². The molecule has 0 aliphatic rings. The number of hydrogen-bond acceptors (Lipinski definition) is 10. The summed E-state index contributed by atoms with van der Waals surface area (Å²) in [5, 5.41) is 19.1. The summed E-state index contributed by atoms with van der Waals surface area (Å²) >= 11 is 4.57. The van der Waals surface area contributed by atoms with Crippen molar-refractivity contribution < 1.29 is 28.6 Å². The molecule has 298 valence electrons. The molecule has 0 bridgehead atoms. The molecular weight excluding hydrogens is 849 g/mol. The number of carbonyl (C=O) groups excluding carboxylic acids is 3. The summed E-state index contributed by atoms with van der Waals surface area (Å²) in [5.41, 5.74) is 6.75. The molecule has 6 heterocycles. The van der Waals surface area contributed by atoms with Gasteiger partial charge in [-0.25, -0.2) is 9.78 Å². The van der Waals surface area contributed by atoms with Crippen molar-refractivity contribution in [3.05, 3.63) is 164 Å². The quantitative estimate of drug-likeness (QED) is 0.0659. The molecule has 0 spiro atoms. The van der Waals surface area contributed by atoms with Crippen LogP contribution < -0.4 is 0 Å². The first-order valence-corrected chi connectivity index (χ1v) is 20.0. The molecule has 0 saturated carbocycles. The van der Waals surface area contributed by atoms with E-state index in [0.717, 1.165) is 65.0 Å². The third-order valence-electron chi connectivity index (χ3n) is 9.90. The van der Waals surface area contributed by atoms with Gasteiger partial charge in [-0.2, -0.15) is 0 Å². The number of nitrogens with zero attached hydrogens (tertiary/aromatic N) is 3. The number of aromatic nitrogens is 5. The summed E-state index contributed by atoms with van der Waals surface area (Å²) in [4.78, 5) is 60.5. The molecule has 4 aromatic carbocycles. The Balaban J connectivity index is 0.000000126. The van der Waals surface area contributed by atoms with E-state index >= 15 is 0 Å². The molecule has 60 heavy (non-hydrogen) atoms. The fourth-order valence-corrected chi connectivity index (χ4v) is 8.06. The van der Waals surface area contributed by atoms with Gasteiger partial charge in [0.1, 0.15) is 5.69 Å². The fraction of sp³-hybridized carbons (Fsp3) is 0.0667. The summed E-state index contributed by atoms with van der Waals surface area (Å²) in [6.07, 6.45) is 5.41. The SMILES string of the molecule is COC(=O)c1csc(C(=O)c2c[nH]c3ccccc23)n1.Cn1c(O)c(-c2[nH]c3ccccc3c2N=O)c2ccc(Br)cc21.O=C(Cc1c[nH]c2ccccc12)c1ccco1. The highest BCUT2D eigenvalue weighted by Gasteiger charge is 2.23. The predicted molar refractivity (Wildman–Crippen MR) is 235 cm³/mol. The number of benzene rings is 4. The molecule has 0 aliphatic heterocycles. The lowest BCUT2D eigenvalue weighted by Crippen LogP contribution is -2.04. The molecule has 10 aromatic rings. The van der Waals surface area contributed by atoms with Crippen molar-refractivity contribution in [2.75, 3.05) is 7.11 Å². The largest absolute Gasteiger partial charge is 0.494 e. The number of para-hydroxylation sites is 3. The highest BCUT2D eigenvalue weighted by Crippen LogP contribution is 2.45. The number of aromatic hydroxyl groups is 1. The number of nitroso groups, excluding NO2 is 1. The molecule has 15 heteroatoms. The van der Waals surface area contributed by atoms with Crippen LogP contribution in [0.25, 0.3) is 54.9 Å². The summed E-state index contributed by atoms with van der Waals surface area (Å²) in [7, 11) is 3.06. The maximum absolute atomic E-state index is 12.4.